The Morgan fingerprint density at radius 1 is 1.19 bits per heavy atom. The highest BCUT2D eigenvalue weighted by atomic mass is 19.1. The fourth-order valence-corrected chi connectivity index (χ4v) is 3.33. The van der Waals surface area contributed by atoms with Gasteiger partial charge in [-0.05, 0) is 49.7 Å². The molecule has 2 aromatic carbocycles. The number of urea groups is 1. The van der Waals surface area contributed by atoms with Gasteiger partial charge in [0.15, 0.2) is 17.6 Å². The van der Waals surface area contributed by atoms with Crippen LogP contribution in [0, 0.1) is 5.82 Å². The van der Waals surface area contributed by atoms with Crippen LogP contribution in [0.5, 0.6) is 11.5 Å². The van der Waals surface area contributed by atoms with Crippen molar-refractivity contribution in [2.24, 2.45) is 5.16 Å². The molecule has 8 heteroatoms. The Kier molecular flexibility index (Phi) is 7.33. The fraction of sp³-hybridized carbons (Fsp3) is 0.391. The van der Waals surface area contributed by atoms with Crippen molar-refractivity contribution in [3.63, 3.8) is 0 Å². The minimum absolute atomic E-state index is 0.00807. The number of rotatable bonds is 8. The zero-order valence-corrected chi connectivity index (χ0v) is 18.2. The molecule has 1 aliphatic heterocycles. The average Bonchev–Trinajstić information content (AvgIpc) is 3.22. The number of halogens is 1. The first-order chi connectivity index (χ1) is 14.9. The van der Waals surface area contributed by atoms with Crippen LogP contribution in [0.1, 0.15) is 31.4 Å². The van der Waals surface area contributed by atoms with Crippen LogP contribution in [0.15, 0.2) is 47.6 Å². The normalized spacial score (nSPS) is 15.3. The maximum atomic E-state index is 13.2. The number of carbonyl (C=O) groups is 1. The summed E-state index contributed by atoms with van der Waals surface area (Å²) < 4.78 is 23.9. The molecule has 0 aliphatic carbocycles. The van der Waals surface area contributed by atoms with Gasteiger partial charge in [-0.2, -0.15) is 0 Å². The van der Waals surface area contributed by atoms with Gasteiger partial charge in [0.05, 0.1) is 26.5 Å². The van der Waals surface area contributed by atoms with E-state index in [2.05, 4.69) is 10.5 Å². The Morgan fingerprint density at radius 2 is 1.90 bits per heavy atom. The van der Waals surface area contributed by atoms with Gasteiger partial charge in [-0.3, -0.25) is 0 Å². The van der Waals surface area contributed by atoms with Crippen molar-refractivity contribution < 1.29 is 23.5 Å². The monoisotopic (exact) mass is 429 g/mol. The molecule has 1 atom stereocenters. The van der Waals surface area contributed by atoms with Crippen molar-refractivity contribution in [3.05, 3.63) is 59.4 Å². The van der Waals surface area contributed by atoms with E-state index in [9.17, 15) is 9.18 Å². The van der Waals surface area contributed by atoms with Gasteiger partial charge in [0.1, 0.15) is 5.82 Å². The highest BCUT2D eigenvalue weighted by Crippen LogP contribution is 2.29. The molecular formula is C23H28FN3O4. The highest BCUT2D eigenvalue weighted by Gasteiger charge is 2.27. The molecule has 1 heterocycles. The van der Waals surface area contributed by atoms with Crippen LogP contribution in [0.4, 0.5) is 9.18 Å². The number of benzene rings is 2. The third-order valence-electron chi connectivity index (χ3n) is 4.86. The number of ether oxygens (including phenoxy) is 2. The average molecular weight is 429 g/mol. The first kappa shape index (κ1) is 22.4. The molecule has 0 spiro atoms. The van der Waals surface area contributed by atoms with Gasteiger partial charge in [0, 0.05) is 24.6 Å². The van der Waals surface area contributed by atoms with Crippen LogP contribution in [-0.4, -0.2) is 49.6 Å². The minimum Gasteiger partial charge on any atom is -0.493 e. The smallest absolute Gasteiger partial charge is 0.318 e. The van der Waals surface area contributed by atoms with E-state index in [1.165, 1.54) is 12.1 Å². The SMILES string of the molecule is COc1ccc(C2=NO[C@@H](CN(Cc3ccc(F)cc3)C(=O)NC(C)C)C2)cc1OC. The molecule has 0 saturated carbocycles. The van der Waals surface area contributed by atoms with E-state index in [0.717, 1.165) is 16.8 Å². The van der Waals surface area contributed by atoms with E-state index in [4.69, 9.17) is 14.3 Å². The summed E-state index contributed by atoms with van der Waals surface area (Å²) in [6.07, 6.45) is 0.256. The van der Waals surface area contributed by atoms with E-state index in [-0.39, 0.29) is 24.0 Å². The second-order valence-corrected chi connectivity index (χ2v) is 7.65. The van der Waals surface area contributed by atoms with Crippen LogP contribution in [0.3, 0.4) is 0 Å². The number of oxime groups is 1. The van der Waals surface area contributed by atoms with E-state index in [1.807, 2.05) is 32.0 Å². The number of nitrogens with one attached hydrogen (secondary N) is 1. The Balaban J connectivity index is 1.69. The number of amides is 2. The lowest BCUT2D eigenvalue weighted by Gasteiger charge is -2.26. The Bertz CT molecular complexity index is 931. The third kappa shape index (κ3) is 5.87. The number of nitrogens with zero attached hydrogens (tertiary/aromatic N) is 2. The number of hydrogen-bond acceptors (Lipinski definition) is 5. The predicted molar refractivity (Wildman–Crippen MR) is 116 cm³/mol. The molecule has 2 amide bonds. The predicted octanol–water partition coefficient (Wildman–Crippen LogP) is 3.96. The lowest BCUT2D eigenvalue weighted by molar-refractivity contribution is 0.0586. The molecular weight excluding hydrogens is 401 g/mol. The van der Waals surface area contributed by atoms with Crippen molar-refractivity contribution in [1.82, 2.24) is 10.2 Å². The molecule has 0 fully saturated rings. The van der Waals surface area contributed by atoms with Gasteiger partial charge in [-0.15, -0.1) is 0 Å². The lowest BCUT2D eigenvalue weighted by Crippen LogP contribution is -2.45. The van der Waals surface area contributed by atoms with Crippen molar-refractivity contribution in [2.75, 3.05) is 20.8 Å². The molecule has 0 bridgehead atoms. The zero-order valence-electron chi connectivity index (χ0n) is 18.2. The van der Waals surface area contributed by atoms with Crippen molar-refractivity contribution in [2.45, 2.75) is 39.0 Å². The van der Waals surface area contributed by atoms with Gasteiger partial charge in [-0.1, -0.05) is 17.3 Å². The van der Waals surface area contributed by atoms with E-state index in [0.29, 0.717) is 31.0 Å². The summed E-state index contributed by atoms with van der Waals surface area (Å²) in [5.74, 6) is 0.938. The minimum atomic E-state index is -0.311. The van der Waals surface area contributed by atoms with Crippen LogP contribution in [-0.2, 0) is 11.4 Å². The summed E-state index contributed by atoms with van der Waals surface area (Å²) in [5, 5.41) is 7.13. The van der Waals surface area contributed by atoms with Gasteiger partial charge in [0.25, 0.3) is 0 Å². The maximum absolute atomic E-state index is 13.2. The molecule has 0 aromatic heterocycles. The first-order valence-electron chi connectivity index (χ1n) is 10.1. The van der Waals surface area contributed by atoms with Crippen molar-refractivity contribution >= 4 is 11.7 Å². The van der Waals surface area contributed by atoms with Crippen LogP contribution >= 0.6 is 0 Å². The summed E-state index contributed by atoms with van der Waals surface area (Å²) in [6, 6.07) is 11.5. The first-order valence-corrected chi connectivity index (χ1v) is 10.1. The number of methoxy groups -OCH3 is 2. The number of hydrogen-bond donors (Lipinski definition) is 1. The summed E-state index contributed by atoms with van der Waals surface area (Å²) in [6.45, 7) is 4.48. The van der Waals surface area contributed by atoms with Crippen LogP contribution in [0.25, 0.3) is 0 Å². The molecule has 31 heavy (non-hydrogen) atoms. The van der Waals surface area contributed by atoms with Gasteiger partial charge < -0.3 is 24.5 Å². The highest BCUT2D eigenvalue weighted by molar-refractivity contribution is 6.01. The Hall–Kier alpha value is -3.29. The van der Waals surface area contributed by atoms with E-state index in [1.54, 1.807) is 31.3 Å². The second kappa shape index (κ2) is 10.1. The molecule has 3 rings (SSSR count). The van der Waals surface area contributed by atoms with Crippen molar-refractivity contribution in [3.8, 4) is 11.5 Å². The molecule has 0 saturated heterocycles. The largest absolute Gasteiger partial charge is 0.493 e. The molecule has 0 unspecified atom stereocenters. The third-order valence-corrected chi connectivity index (χ3v) is 4.86. The summed E-state index contributed by atoms with van der Waals surface area (Å²) in [7, 11) is 3.17. The quantitative estimate of drug-likeness (QED) is 0.690. The van der Waals surface area contributed by atoms with Gasteiger partial charge in [-0.25, -0.2) is 9.18 Å². The number of carbonyl (C=O) groups excluding carboxylic acids is 1. The summed E-state index contributed by atoms with van der Waals surface area (Å²) >= 11 is 0. The Morgan fingerprint density at radius 3 is 2.55 bits per heavy atom. The second-order valence-electron chi connectivity index (χ2n) is 7.65. The maximum Gasteiger partial charge on any atom is 0.318 e. The molecule has 7 nitrogen and oxygen atoms in total. The van der Waals surface area contributed by atoms with Crippen LogP contribution in [0.2, 0.25) is 0 Å². The lowest BCUT2D eigenvalue weighted by atomic mass is 10.0. The topological polar surface area (TPSA) is 72.4 Å². The fourth-order valence-electron chi connectivity index (χ4n) is 3.33. The molecule has 1 aliphatic rings. The molecule has 166 valence electrons. The molecule has 0 radical (unpaired) electrons. The van der Waals surface area contributed by atoms with Gasteiger partial charge >= 0.3 is 6.03 Å². The summed E-state index contributed by atoms with van der Waals surface area (Å²) in [4.78, 5) is 20.0. The zero-order chi connectivity index (χ0) is 22.4. The van der Waals surface area contributed by atoms with Crippen LogP contribution < -0.4 is 14.8 Å². The standard InChI is InChI=1S/C23H28FN3O4/c1-15(2)25-23(28)27(13-16-5-8-18(24)9-6-16)14-19-12-20(26-31-19)17-7-10-21(29-3)22(11-17)30-4/h5-11,15,19H,12-14H2,1-4H3,(H,25,28)/t19-/m1/s1. The van der Waals surface area contributed by atoms with E-state index < -0.39 is 0 Å². The Labute approximate surface area is 181 Å². The summed E-state index contributed by atoms with van der Waals surface area (Å²) in [5.41, 5.74) is 2.48. The van der Waals surface area contributed by atoms with Gasteiger partial charge in [0.2, 0.25) is 0 Å². The molecule has 1 N–H and O–H groups in total. The van der Waals surface area contributed by atoms with Crippen molar-refractivity contribution in [1.29, 1.82) is 0 Å². The van der Waals surface area contributed by atoms with E-state index >= 15 is 0 Å². The molecule has 2 aromatic rings.